The fourth-order valence-electron chi connectivity index (χ4n) is 5.25. The summed E-state index contributed by atoms with van der Waals surface area (Å²) in [5.74, 6) is -0.354. The van der Waals surface area contributed by atoms with Gasteiger partial charge in [-0.2, -0.15) is 0 Å². The number of esters is 1. The van der Waals surface area contributed by atoms with Gasteiger partial charge >= 0.3 is 5.97 Å². The molecule has 2 amide bonds. The van der Waals surface area contributed by atoms with Crippen LogP contribution in [0.25, 0.3) is 0 Å². The number of nitrogens with zero attached hydrogens (tertiary/aromatic N) is 1. The summed E-state index contributed by atoms with van der Waals surface area (Å²) in [7, 11) is 0. The molecule has 2 fully saturated rings. The number of hydrogen-bond acceptors (Lipinski definition) is 4. The minimum Gasteiger partial charge on any atom is -0.423 e. The summed E-state index contributed by atoms with van der Waals surface area (Å²) >= 11 is 0. The number of amides is 2. The lowest BCUT2D eigenvalue weighted by Gasteiger charge is -2.23. The molecule has 2 aromatic carbocycles. The summed E-state index contributed by atoms with van der Waals surface area (Å²) in [6.45, 7) is 6.51. The molecule has 2 aromatic rings. The zero-order valence-electron chi connectivity index (χ0n) is 18.6. The fourth-order valence-corrected chi connectivity index (χ4v) is 5.25. The Bertz CT molecular complexity index is 1080. The Labute approximate surface area is 188 Å². The second-order valence-electron chi connectivity index (χ2n) is 9.71. The maximum atomic E-state index is 12.9. The van der Waals surface area contributed by atoms with E-state index >= 15 is 0 Å². The largest absolute Gasteiger partial charge is 0.423 e. The minimum absolute atomic E-state index is 0.0664. The van der Waals surface area contributed by atoms with E-state index in [-0.39, 0.29) is 40.9 Å². The summed E-state index contributed by atoms with van der Waals surface area (Å²) in [6, 6.07) is 14.1. The van der Waals surface area contributed by atoms with Crippen LogP contribution in [0.5, 0.6) is 5.75 Å². The molecule has 0 N–H and O–H groups in total. The van der Waals surface area contributed by atoms with Gasteiger partial charge in [0.05, 0.1) is 23.1 Å². The van der Waals surface area contributed by atoms with Crippen molar-refractivity contribution >= 4 is 23.5 Å². The molecule has 4 unspecified atom stereocenters. The number of carbonyl (C=O) groups excluding carboxylic acids is 3. The molecule has 2 bridgehead atoms. The van der Waals surface area contributed by atoms with Crippen molar-refractivity contribution in [1.82, 2.24) is 0 Å². The van der Waals surface area contributed by atoms with E-state index in [9.17, 15) is 14.4 Å². The van der Waals surface area contributed by atoms with Crippen molar-refractivity contribution in [2.45, 2.75) is 39.0 Å². The van der Waals surface area contributed by atoms with Crippen molar-refractivity contribution in [3.8, 4) is 5.75 Å². The first-order valence-corrected chi connectivity index (χ1v) is 11.3. The number of carbonyl (C=O) groups is 3. The molecule has 164 valence electrons. The minimum atomic E-state index is -0.475. The number of hydrogen-bond donors (Lipinski definition) is 0. The van der Waals surface area contributed by atoms with E-state index in [1.165, 1.54) is 10.5 Å². The molecule has 3 aliphatic rings. The molecule has 2 aliphatic carbocycles. The molecule has 0 aromatic heterocycles. The zero-order chi connectivity index (χ0) is 22.6. The third-order valence-corrected chi connectivity index (χ3v) is 7.56. The van der Waals surface area contributed by atoms with E-state index in [4.69, 9.17) is 4.74 Å². The van der Waals surface area contributed by atoms with Gasteiger partial charge in [-0.25, -0.2) is 4.79 Å². The monoisotopic (exact) mass is 429 g/mol. The molecule has 5 heteroatoms. The van der Waals surface area contributed by atoms with Gasteiger partial charge in [0.1, 0.15) is 5.75 Å². The Balaban J connectivity index is 1.29. The van der Waals surface area contributed by atoms with E-state index in [1.807, 2.05) is 24.3 Å². The van der Waals surface area contributed by atoms with Crippen LogP contribution in [0.4, 0.5) is 5.69 Å². The first kappa shape index (κ1) is 20.7. The number of imide groups is 1. The number of anilines is 1. The van der Waals surface area contributed by atoms with Gasteiger partial charge in [-0.05, 0) is 72.1 Å². The Morgan fingerprint density at radius 1 is 0.938 bits per heavy atom. The smallest absolute Gasteiger partial charge is 0.343 e. The molecule has 32 heavy (non-hydrogen) atoms. The molecule has 5 rings (SSSR count). The second kappa shape index (κ2) is 7.44. The van der Waals surface area contributed by atoms with E-state index in [0.717, 1.165) is 12.8 Å². The summed E-state index contributed by atoms with van der Waals surface area (Å²) < 4.78 is 5.51. The maximum Gasteiger partial charge on any atom is 0.343 e. The predicted octanol–water partition coefficient (Wildman–Crippen LogP) is 4.90. The predicted molar refractivity (Wildman–Crippen MR) is 121 cm³/mol. The Morgan fingerprint density at radius 2 is 1.50 bits per heavy atom. The highest BCUT2D eigenvalue weighted by Gasteiger charge is 2.59. The fraction of sp³-hybridized carbons (Fsp3) is 0.370. The third-order valence-electron chi connectivity index (χ3n) is 7.56. The van der Waals surface area contributed by atoms with Gasteiger partial charge in [0.15, 0.2) is 0 Å². The molecule has 1 aliphatic heterocycles. The van der Waals surface area contributed by atoms with Gasteiger partial charge in [-0.1, -0.05) is 45.1 Å². The number of rotatable bonds is 5. The summed E-state index contributed by atoms with van der Waals surface area (Å²) in [5, 5.41) is 0. The van der Waals surface area contributed by atoms with Gasteiger partial charge in [0.25, 0.3) is 0 Å². The zero-order valence-corrected chi connectivity index (χ0v) is 18.6. The number of fused-ring (bicyclic) bond motifs is 5. The quantitative estimate of drug-likeness (QED) is 0.293. The highest BCUT2D eigenvalue weighted by Crippen LogP contribution is 2.53. The lowest BCUT2D eigenvalue weighted by molar-refractivity contribution is -0.123. The highest BCUT2D eigenvalue weighted by atomic mass is 16.5. The molecular weight excluding hydrogens is 402 g/mol. The van der Waals surface area contributed by atoms with Crippen molar-refractivity contribution in [2.75, 3.05) is 4.90 Å². The first-order chi connectivity index (χ1) is 15.3. The van der Waals surface area contributed by atoms with Crippen molar-refractivity contribution in [2.24, 2.45) is 23.7 Å². The van der Waals surface area contributed by atoms with Crippen molar-refractivity contribution < 1.29 is 19.1 Å². The van der Waals surface area contributed by atoms with E-state index in [0.29, 0.717) is 17.0 Å². The lowest BCUT2D eigenvalue weighted by atomic mass is 9.82. The molecule has 5 nitrogen and oxygen atoms in total. The van der Waals surface area contributed by atoms with Gasteiger partial charge in [0.2, 0.25) is 11.8 Å². The van der Waals surface area contributed by atoms with E-state index in [2.05, 4.69) is 32.9 Å². The Hall–Kier alpha value is -3.21. The molecule has 1 saturated carbocycles. The van der Waals surface area contributed by atoms with Crippen LogP contribution < -0.4 is 9.64 Å². The van der Waals surface area contributed by atoms with Gasteiger partial charge in [-0.3, -0.25) is 14.5 Å². The van der Waals surface area contributed by atoms with Gasteiger partial charge in [0, 0.05) is 0 Å². The number of benzene rings is 2. The highest BCUT2D eigenvalue weighted by molar-refractivity contribution is 6.22. The van der Waals surface area contributed by atoms with Crippen LogP contribution in [0, 0.1) is 23.7 Å². The van der Waals surface area contributed by atoms with Gasteiger partial charge < -0.3 is 4.74 Å². The van der Waals surface area contributed by atoms with Gasteiger partial charge in [-0.15, -0.1) is 0 Å². The first-order valence-electron chi connectivity index (χ1n) is 11.3. The molecular formula is C27H27NO4. The molecule has 4 atom stereocenters. The van der Waals surface area contributed by atoms with Crippen LogP contribution in [0.1, 0.15) is 49.5 Å². The van der Waals surface area contributed by atoms with E-state index < -0.39 is 5.97 Å². The van der Waals surface area contributed by atoms with Crippen molar-refractivity contribution in [1.29, 1.82) is 0 Å². The van der Waals surface area contributed by atoms with Crippen LogP contribution in [-0.2, 0) is 15.0 Å². The number of ether oxygens (including phenoxy) is 1. The molecule has 0 spiro atoms. The summed E-state index contributed by atoms with van der Waals surface area (Å²) in [6.07, 6.45) is 6.08. The third kappa shape index (κ3) is 3.19. The maximum absolute atomic E-state index is 12.9. The van der Waals surface area contributed by atoms with Crippen LogP contribution in [0.3, 0.4) is 0 Å². The average Bonchev–Trinajstić information content (AvgIpc) is 3.48. The van der Waals surface area contributed by atoms with Crippen LogP contribution in [0.15, 0.2) is 60.7 Å². The summed E-state index contributed by atoms with van der Waals surface area (Å²) in [4.78, 5) is 39.8. The summed E-state index contributed by atoms with van der Waals surface area (Å²) in [5.41, 5.74) is 2.14. The standard InChI is InChI=1S/C27H27NO4/c1-4-27(2,3)19-9-13-21(14-10-19)32-26(31)16-7-11-20(12-8-16)28-24(29)22-17-5-6-18(15-17)23(22)25(28)30/h5-14,17-18,22-23H,4,15H2,1-3H3. The SMILES string of the molecule is CCC(C)(C)c1ccc(OC(=O)c2ccc(N3C(=O)C4C5C=CC(C5)C4C3=O)cc2)cc1. The molecule has 1 saturated heterocycles. The molecule has 1 heterocycles. The van der Waals surface area contributed by atoms with Crippen LogP contribution in [-0.4, -0.2) is 17.8 Å². The molecule has 0 radical (unpaired) electrons. The normalized spacial score (nSPS) is 26.0. The van der Waals surface area contributed by atoms with Crippen molar-refractivity contribution in [3.05, 3.63) is 71.8 Å². The average molecular weight is 430 g/mol. The Morgan fingerprint density at radius 3 is 2.03 bits per heavy atom. The van der Waals surface area contributed by atoms with Crippen LogP contribution in [0.2, 0.25) is 0 Å². The number of allylic oxidation sites excluding steroid dienone is 2. The lowest BCUT2D eigenvalue weighted by Crippen LogP contribution is -2.32. The Kier molecular flexibility index (Phi) is 4.81. The van der Waals surface area contributed by atoms with Crippen molar-refractivity contribution in [3.63, 3.8) is 0 Å². The second-order valence-corrected chi connectivity index (χ2v) is 9.71. The topological polar surface area (TPSA) is 63.7 Å². The van der Waals surface area contributed by atoms with Crippen LogP contribution >= 0.6 is 0 Å². The van der Waals surface area contributed by atoms with E-state index in [1.54, 1.807) is 24.3 Å².